The van der Waals surface area contributed by atoms with E-state index in [0.717, 1.165) is 19.3 Å². The molecule has 0 aromatic heterocycles. The van der Waals surface area contributed by atoms with E-state index in [1.54, 1.807) is 0 Å². The molecule has 0 aromatic rings. The molecule has 82 valence electrons. The van der Waals surface area contributed by atoms with Crippen LogP contribution in [0.15, 0.2) is 0 Å². The van der Waals surface area contributed by atoms with E-state index in [4.69, 9.17) is 10.2 Å². The minimum Gasteiger partial charge on any atom is -0.396 e. The van der Waals surface area contributed by atoms with Gasteiger partial charge in [-0.15, -0.1) is 0 Å². The molecular formula is C10H19NO3. The fourth-order valence-electron chi connectivity index (χ4n) is 1.34. The number of carbonyl (C=O) groups excluding carboxylic acids is 1. The van der Waals surface area contributed by atoms with Crippen LogP contribution in [0.2, 0.25) is 0 Å². The Labute approximate surface area is 84.3 Å². The van der Waals surface area contributed by atoms with E-state index >= 15 is 0 Å². The van der Waals surface area contributed by atoms with Gasteiger partial charge in [-0.3, -0.25) is 4.79 Å². The first-order valence-corrected chi connectivity index (χ1v) is 5.21. The lowest BCUT2D eigenvalue weighted by molar-refractivity contribution is -0.121. The van der Waals surface area contributed by atoms with Crippen molar-refractivity contribution < 1.29 is 15.0 Å². The summed E-state index contributed by atoms with van der Waals surface area (Å²) in [6.07, 6.45) is 3.91. The number of aliphatic hydroxyl groups is 2. The third kappa shape index (κ3) is 3.64. The molecule has 4 nitrogen and oxygen atoms in total. The largest absolute Gasteiger partial charge is 0.396 e. The molecule has 1 saturated carbocycles. The van der Waals surface area contributed by atoms with Gasteiger partial charge in [-0.1, -0.05) is 0 Å². The first kappa shape index (κ1) is 11.5. The molecule has 0 radical (unpaired) electrons. The Hall–Kier alpha value is -0.610. The highest BCUT2D eigenvalue weighted by Gasteiger charge is 2.41. The van der Waals surface area contributed by atoms with Crippen LogP contribution in [-0.2, 0) is 4.79 Å². The zero-order valence-electron chi connectivity index (χ0n) is 8.46. The molecule has 0 bridgehead atoms. The molecule has 1 fully saturated rings. The van der Waals surface area contributed by atoms with E-state index in [1.807, 2.05) is 0 Å². The summed E-state index contributed by atoms with van der Waals surface area (Å²) < 4.78 is 0. The van der Waals surface area contributed by atoms with Crippen LogP contribution in [0.25, 0.3) is 0 Å². The van der Waals surface area contributed by atoms with Crippen LogP contribution >= 0.6 is 0 Å². The molecule has 0 saturated heterocycles. The van der Waals surface area contributed by atoms with Gasteiger partial charge < -0.3 is 15.5 Å². The summed E-state index contributed by atoms with van der Waals surface area (Å²) in [5.41, 5.74) is -0.00730. The Bertz CT molecular complexity index is 190. The predicted molar refractivity (Wildman–Crippen MR) is 52.7 cm³/mol. The van der Waals surface area contributed by atoms with Crippen molar-refractivity contribution in [3.8, 4) is 0 Å². The van der Waals surface area contributed by atoms with Crippen molar-refractivity contribution in [3.05, 3.63) is 0 Å². The van der Waals surface area contributed by atoms with Gasteiger partial charge in [-0.25, -0.2) is 0 Å². The molecule has 1 aliphatic rings. The lowest BCUT2D eigenvalue weighted by Crippen LogP contribution is -2.31. The maximum absolute atomic E-state index is 11.2. The van der Waals surface area contributed by atoms with Gasteiger partial charge >= 0.3 is 0 Å². The van der Waals surface area contributed by atoms with E-state index < -0.39 is 0 Å². The van der Waals surface area contributed by atoms with Crippen LogP contribution in [0.1, 0.15) is 32.1 Å². The second kappa shape index (κ2) is 5.32. The third-order valence-electron chi connectivity index (χ3n) is 2.77. The van der Waals surface area contributed by atoms with Gasteiger partial charge in [0.1, 0.15) is 0 Å². The van der Waals surface area contributed by atoms with Crippen molar-refractivity contribution in [2.24, 2.45) is 5.41 Å². The van der Waals surface area contributed by atoms with E-state index in [0.29, 0.717) is 19.4 Å². The number of unbranched alkanes of at least 4 members (excludes halogenated alkanes) is 1. The molecule has 1 rings (SSSR count). The number of amides is 1. The molecule has 14 heavy (non-hydrogen) atoms. The lowest BCUT2D eigenvalue weighted by atomic mass is 10.1. The summed E-state index contributed by atoms with van der Waals surface area (Å²) in [6.45, 7) is 0.916. The van der Waals surface area contributed by atoms with Gasteiger partial charge in [0.15, 0.2) is 0 Å². The van der Waals surface area contributed by atoms with Gasteiger partial charge in [0.05, 0.1) is 6.61 Å². The highest BCUT2D eigenvalue weighted by atomic mass is 16.3. The molecule has 4 heteroatoms. The molecule has 0 heterocycles. The zero-order valence-corrected chi connectivity index (χ0v) is 8.46. The molecule has 0 aliphatic heterocycles. The van der Waals surface area contributed by atoms with Crippen molar-refractivity contribution in [2.75, 3.05) is 19.8 Å². The number of hydrogen-bond acceptors (Lipinski definition) is 3. The normalized spacial score (nSPS) is 17.9. The van der Waals surface area contributed by atoms with Gasteiger partial charge in [-0.05, 0) is 25.7 Å². The van der Waals surface area contributed by atoms with Crippen molar-refractivity contribution >= 4 is 5.91 Å². The van der Waals surface area contributed by atoms with Crippen LogP contribution in [-0.4, -0.2) is 35.9 Å². The molecule has 3 N–H and O–H groups in total. The van der Waals surface area contributed by atoms with Crippen LogP contribution in [0.5, 0.6) is 0 Å². The highest BCUT2D eigenvalue weighted by molar-refractivity contribution is 5.75. The molecule has 0 atom stereocenters. The molecule has 0 unspecified atom stereocenters. The first-order valence-electron chi connectivity index (χ1n) is 5.21. The van der Waals surface area contributed by atoms with Crippen molar-refractivity contribution in [1.29, 1.82) is 0 Å². The second-order valence-electron chi connectivity index (χ2n) is 4.12. The molecule has 1 amide bonds. The maximum atomic E-state index is 11.2. The average Bonchev–Trinajstić information content (AvgIpc) is 2.96. The van der Waals surface area contributed by atoms with E-state index in [9.17, 15) is 4.79 Å². The topological polar surface area (TPSA) is 69.6 Å². The number of nitrogens with one attached hydrogen (secondary N) is 1. The van der Waals surface area contributed by atoms with Gasteiger partial charge in [-0.2, -0.15) is 0 Å². The second-order valence-corrected chi connectivity index (χ2v) is 4.12. The summed E-state index contributed by atoms with van der Waals surface area (Å²) in [5, 5.41) is 20.3. The third-order valence-corrected chi connectivity index (χ3v) is 2.77. The smallest absolute Gasteiger partial charge is 0.220 e. The van der Waals surface area contributed by atoms with Crippen molar-refractivity contribution in [2.45, 2.75) is 32.1 Å². The van der Waals surface area contributed by atoms with Crippen LogP contribution < -0.4 is 5.32 Å². The standard InChI is InChI=1S/C10H19NO3/c12-6-2-1-3-9(14)11-7-10(8-13)4-5-10/h12-13H,1-8H2,(H,11,14). The van der Waals surface area contributed by atoms with Crippen LogP contribution in [0.4, 0.5) is 0 Å². The molecular weight excluding hydrogens is 182 g/mol. The maximum Gasteiger partial charge on any atom is 0.220 e. The summed E-state index contributed by atoms with van der Waals surface area (Å²) in [7, 11) is 0. The quantitative estimate of drug-likeness (QED) is 0.509. The van der Waals surface area contributed by atoms with E-state index in [1.165, 1.54) is 0 Å². The van der Waals surface area contributed by atoms with Crippen LogP contribution in [0.3, 0.4) is 0 Å². The monoisotopic (exact) mass is 201 g/mol. The van der Waals surface area contributed by atoms with Crippen molar-refractivity contribution in [3.63, 3.8) is 0 Å². The summed E-state index contributed by atoms with van der Waals surface area (Å²) >= 11 is 0. The Balaban J connectivity index is 2.03. The summed E-state index contributed by atoms with van der Waals surface area (Å²) in [5.74, 6) is 0.0261. The van der Waals surface area contributed by atoms with E-state index in [2.05, 4.69) is 5.32 Å². The number of carbonyl (C=O) groups is 1. The summed E-state index contributed by atoms with van der Waals surface area (Å²) in [6, 6.07) is 0. The molecule has 1 aliphatic carbocycles. The highest BCUT2D eigenvalue weighted by Crippen LogP contribution is 2.44. The number of hydrogen-bond donors (Lipinski definition) is 3. The Morgan fingerprint density at radius 3 is 2.50 bits per heavy atom. The molecule has 0 aromatic carbocycles. The van der Waals surface area contributed by atoms with E-state index in [-0.39, 0.29) is 24.5 Å². The fraction of sp³-hybridized carbons (Fsp3) is 0.900. The number of aliphatic hydroxyl groups excluding tert-OH is 2. The average molecular weight is 201 g/mol. The lowest BCUT2D eigenvalue weighted by Gasteiger charge is -2.12. The Morgan fingerprint density at radius 1 is 1.29 bits per heavy atom. The minimum absolute atomic E-state index is 0.00730. The van der Waals surface area contributed by atoms with Crippen LogP contribution in [0, 0.1) is 5.41 Å². The molecule has 0 spiro atoms. The van der Waals surface area contributed by atoms with Gasteiger partial charge in [0, 0.05) is 25.0 Å². The first-order chi connectivity index (χ1) is 6.72. The zero-order chi connectivity index (χ0) is 10.4. The predicted octanol–water partition coefficient (Wildman–Crippen LogP) is 0.0377. The fourth-order valence-corrected chi connectivity index (χ4v) is 1.34. The summed E-state index contributed by atoms with van der Waals surface area (Å²) in [4.78, 5) is 11.2. The van der Waals surface area contributed by atoms with Gasteiger partial charge in [0.2, 0.25) is 5.91 Å². The van der Waals surface area contributed by atoms with Gasteiger partial charge in [0.25, 0.3) is 0 Å². The minimum atomic E-state index is -0.00730. The number of rotatable bonds is 7. The Kier molecular flexibility index (Phi) is 4.35. The Morgan fingerprint density at radius 2 is 2.00 bits per heavy atom. The van der Waals surface area contributed by atoms with Crippen molar-refractivity contribution in [1.82, 2.24) is 5.32 Å². The SMILES string of the molecule is O=C(CCCCO)NCC1(CO)CC1.